The van der Waals surface area contributed by atoms with Crippen LogP contribution in [0.25, 0.3) is 0 Å². The van der Waals surface area contributed by atoms with Crippen LogP contribution in [0, 0.1) is 0 Å². The van der Waals surface area contributed by atoms with Gasteiger partial charge in [-0.2, -0.15) is 0 Å². The molecule has 0 saturated carbocycles. The maximum absolute atomic E-state index is 11.6. The number of hydrogen-bond donors (Lipinski definition) is 2. The summed E-state index contributed by atoms with van der Waals surface area (Å²) >= 11 is 0. The quantitative estimate of drug-likeness (QED) is 0.526. The maximum atomic E-state index is 11.6. The summed E-state index contributed by atoms with van der Waals surface area (Å²) in [5.41, 5.74) is 0. The van der Waals surface area contributed by atoms with Gasteiger partial charge in [-0.3, -0.25) is 4.79 Å². The first-order valence-corrected chi connectivity index (χ1v) is 7.73. The SMILES string of the molecule is CCCCCCCCCNC(C)C(=O)NCCC. The second kappa shape index (κ2) is 12.9. The van der Waals surface area contributed by atoms with E-state index in [0.717, 1.165) is 19.5 Å². The highest BCUT2D eigenvalue weighted by Crippen LogP contribution is 2.06. The lowest BCUT2D eigenvalue weighted by molar-refractivity contribution is -0.122. The lowest BCUT2D eigenvalue weighted by Gasteiger charge is -2.13. The smallest absolute Gasteiger partial charge is 0.236 e. The average Bonchev–Trinajstić information content (AvgIpc) is 2.38. The van der Waals surface area contributed by atoms with E-state index >= 15 is 0 Å². The van der Waals surface area contributed by atoms with Crippen molar-refractivity contribution in [2.45, 2.75) is 78.2 Å². The van der Waals surface area contributed by atoms with Gasteiger partial charge in [0.1, 0.15) is 0 Å². The minimum atomic E-state index is -0.0587. The van der Waals surface area contributed by atoms with Crippen LogP contribution < -0.4 is 10.6 Å². The molecule has 0 aromatic rings. The van der Waals surface area contributed by atoms with Gasteiger partial charge in [0.25, 0.3) is 0 Å². The molecule has 1 unspecified atom stereocenters. The molecule has 0 aromatic carbocycles. The molecule has 0 saturated heterocycles. The van der Waals surface area contributed by atoms with Crippen LogP contribution in [-0.2, 0) is 4.79 Å². The van der Waals surface area contributed by atoms with E-state index in [-0.39, 0.29) is 11.9 Å². The molecule has 0 aliphatic rings. The van der Waals surface area contributed by atoms with Crippen LogP contribution in [-0.4, -0.2) is 25.0 Å². The zero-order valence-electron chi connectivity index (χ0n) is 12.6. The van der Waals surface area contributed by atoms with Crippen LogP contribution in [0.2, 0.25) is 0 Å². The lowest BCUT2D eigenvalue weighted by Crippen LogP contribution is -2.42. The molecule has 0 rings (SSSR count). The van der Waals surface area contributed by atoms with Crippen molar-refractivity contribution in [1.82, 2.24) is 10.6 Å². The summed E-state index contributed by atoms with van der Waals surface area (Å²) in [6, 6.07) is -0.0587. The fraction of sp³-hybridized carbons (Fsp3) is 0.933. The molecule has 1 amide bonds. The van der Waals surface area contributed by atoms with Crippen molar-refractivity contribution in [3.8, 4) is 0 Å². The van der Waals surface area contributed by atoms with Crippen LogP contribution in [0.15, 0.2) is 0 Å². The summed E-state index contributed by atoms with van der Waals surface area (Å²) < 4.78 is 0. The summed E-state index contributed by atoms with van der Waals surface area (Å²) in [4.78, 5) is 11.6. The fourth-order valence-electron chi connectivity index (χ4n) is 1.89. The Balaban J connectivity index is 3.29. The Labute approximate surface area is 113 Å². The van der Waals surface area contributed by atoms with Crippen LogP contribution in [0.5, 0.6) is 0 Å². The Morgan fingerprint density at radius 3 is 2.11 bits per heavy atom. The zero-order valence-corrected chi connectivity index (χ0v) is 12.6. The van der Waals surface area contributed by atoms with Crippen LogP contribution >= 0.6 is 0 Å². The molecule has 0 spiro atoms. The first-order valence-electron chi connectivity index (χ1n) is 7.73. The first-order chi connectivity index (χ1) is 8.72. The van der Waals surface area contributed by atoms with E-state index in [1.54, 1.807) is 0 Å². The largest absolute Gasteiger partial charge is 0.355 e. The fourth-order valence-corrected chi connectivity index (χ4v) is 1.89. The average molecular weight is 256 g/mol. The minimum Gasteiger partial charge on any atom is -0.355 e. The van der Waals surface area contributed by atoms with Gasteiger partial charge >= 0.3 is 0 Å². The normalized spacial score (nSPS) is 12.4. The van der Waals surface area contributed by atoms with Crippen LogP contribution in [0.3, 0.4) is 0 Å². The predicted octanol–water partition coefficient (Wildman–Crippen LogP) is 3.24. The number of nitrogens with one attached hydrogen (secondary N) is 2. The number of hydrogen-bond acceptors (Lipinski definition) is 2. The third kappa shape index (κ3) is 10.6. The summed E-state index contributed by atoms with van der Waals surface area (Å²) in [5.74, 6) is 0.125. The van der Waals surface area contributed by atoms with Crippen molar-refractivity contribution < 1.29 is 4.79 Å². The van der Waals surface area contributed by atoms with Crippen molar-refractivity contribution in [1.29, 1.82) is 0 Å². The second-order valence-electron chi connectivity index (χ2n) is 5.09. The molecule has 0 aromatic heterocycles. The molecular formula is C15H32N2O. The number of rotatable bonds is 12. The Morgan fingerprint density at radius 1 is 0.889 bits per heavy atom. The summed E-state index contributed by atoms with van der Waals surface area (Å²) in [6.45, 7) is 7.98. The molecule has 0 aliphatic heterocycles. The van der Waals surface area contributed by atoms with Crippen molar-refractivity contribution in [2.24, 2.45) is 0 Å². The molecule has 0 radical (unpaired) electrons. The standard InChI is InChI=1S/C15H32N2O/c1-4-6-7-8-9-10-11-13-16-14(3)15(18)17-12-5-2/h14,16H,4-13H2,1-3H3,(H,17,18). The first kappa shape index (κ1) is 17.4. The Bertz CT molecular complexity index is 195. The molecule has 1 atom stereocenters. The zero-order chi connectivity index (χ0) is 13.6. The van der Waals surface area contributed by atoms with Gasteiger partial charge in [0, 0.05) is 6.54 Å². The van der Waals surface area contributed by atoms with Gasteiger partial charge in [-0.15, -0.1) is 0 Å². The minimum absolute atomic E-state index is 0.0587. The topological polar surface area (TPSA) is 41.1 Å². The predicted molar refractivity (Wildman–Crippen MR) is 78.8 cm³/mol. The molecule has 2 N–H and O–H groups in total. The molecular weight excluding hydrogens is 224 g/mol. The number of carbonyl (C=O) groups excluding carboxylic acids is 1. The van der Waals surface area contributed by atoms with E-state index in [1.807, 2.05) is 6.92 Å². The van der Waals surface area contributed by atoms with Crippen LogP contribution in [0.1, 0.15) is 72.1 Å². The third-order valence-corrected chi connectivity index (χ3v) is 3.17. The maximum Gasteiger partial charge on any atom is 0.236 e. The molecule has 0 heterocycles. The monoisotopic (exact) mass is 256 g/mol. The molecule has 3 nitrogen and oxygen atoms in total. The molecule has 108 valence electrons. The van der Waals surface area contributed by atoms with Crippen molar-refractivity contribution >= 4 is 5.91 Å². The summed E-state index contributed by atoms with van der Waals surface area (Å²) in [6.07, 6.45) is 10.2. The molecule has 0 fully saturated rings. The van der Waals surface area contributed by atoms with E-state index in [0.29, 0.717) is 0 Å². The van der Waals surface area contributed by atoms with Crippen molar-refractivity contribution in [2.75, 3.05) is 13.1 Å². The van der Waals surface area contributed by atoms with Gasteiger partial charge < -0.3 is 10.6 Å². The van der Waals surface area contributed by atoms with Gasteiger partial charge in [0.2, 0.25) is 5.91 Å². The van der Waals surface area contributed by atoms with Gasteiger partial charge in [0.15, 0.2) is 0 Å². The Kier molecular flexibility index (Phi) is 12.5. The molecule has 0 bridgehead atoms. The third-order valence-electron chi connectivity index (χ3n) is 3.17. The molecule has 3 heteroatoms. The summed E-state index contributed by atoms with van der Waals surface area (Å²) in [5, 5.41) is 6.19. The molecule has 0 aliphatic carbocycles. The highest BCUT2D eigenvalue weighted by Gasteiger charge is 2.09. The molecule has 18 heavy (non-hydrogen) atoms. The van der Waals surface area contributed by atoms with E-state index < -0.39 is 0 Å². The van der Waals surface area contributed by atoms with Crippen LogP contribution in [0.4, 0.5) is 0 Å². The van der Waals surface area contributed by atoms with Gasteiger partial charge in [-0.25, -0.2) is 0 Å². The second-order valence-corrected chi connectivity index (χ2v) is 5.09. The number of unbranched alkanes of at least 4 members (excludes halogenated alkanes) is 6. The van der Waals surface area contributed by atoms with E-state index in [2.05, 4.69) is 24.5 Å². The highest BCUT2D eigenvalue weighted by molar-refractivity contribution is 5.81. The Hall–Kier alpha value is -0.570. The number of carbonyl (C=O) groups is 1. The van der Waals surface area contributed by atoms with Gasteiger partial charge in [0.05, 0.1) is 6.04 Å². The van der Waals surface area contributed by atoms with Crippen molar-refractivity contribution in [3.63, 3.8) is 0 Å². The van der Waals surface area contributed by atoms with Crippen molar-refractivity contribution in [3.05, 3.63) is 0 Å². The summed E-state index contributed by atoms with van der Waals surface area (Å²) in [7, 11) is 0. The van der Waals surface area contributed by atoms with E-state index in [9.17, 15) is 4.79 Å². The Morgan fingerprint density at radius 2 is 1.50 bits per heavy atom. The van der Waals surface area contributed by atoms with E-state index in [4.69, 9.17) is 0 Å². The lowest BCUT2D eigenvalue weighted by atomic mass is 10.1. The highest BCUT2D eigenvalue weighted by atomic mass is 16.2. The van der Waals surface area contributed by atoms with E-state index in [1.165, 1.54) is 44.9 Å². The van der Waals surface area contributed by atoms with Gasteiger partial charge in [-0.1, -0.05) is 52.4 Å². The number of amides is 1. The van der Waals surface area contributed by atoms with Gasteiger partial charge in [-0.05, 0) is 26.3 Å².